The lowest BCUT2D eigenvalue weighted by molar-refractivity contribution is 0.0758. The molecule has 1 nitrogen and oxygen atoms in total. The van der Waals surface area contributed by atoms with Crippen LogP contribution in [-0.4, -0.2) is 23.7 Å². The predicted molar refractivity (Wildman–Crippen MR) is 49.5 cm³/mol. The van der Waals surface area contributed by atoms with Crippen molar-refractivity contribution in [2.24, 2.45) is 0 Å². The van der Waals surface area contributed by atoms with E-state index in [0.717, 1.165) is 0 Å². The number of rotatable bonds is 1. The molecule has 1 heterocycles. The Morgan fingerprint density at radius 1 is 1.50 bits per heavy atom. The first-order valence-electron chi connectivity index (χ1n) is 3.50. The first-order valence-corrected chi connectivity index (χ1v) is 5.82. The summed E-state index contributed by atoms with van der Waals surface area (Å²) in [5.41, 5.74) is 0. The van der Waals surface area contributed by atoms with Crippen molar-refractivity contribution < 1.29 is 4.74 Å². The fraction of sp³-hybridized carbons (Fsp3) is 1.00. The predicted octanol–water partition coefficient (Wildman–Crippen LogP) is 2.57. The van der Waals surface area contributed by atoms with E-state index < -0.39 is 0 Å². The summed E-state index contributed by atoms with van der Waals surface area (Å²) in [7, 11) is 5.71. The van der Waals surface area contributed by atoms with E-state index >= 15 is 0 Å². The van der Waals surface area contributed by atoms with Gasteiger partial charge in [-0.15, -0.1) is 0 Å². The molecule has 1 unspecified atom stereocenters. The molecule has 1 aliphatic heterocycles. The second kappa shape index (κ2) is 3.37. The lowest BCUT2D eigenvalue weighted by Gasteiger charge is -2.35. The summed E-state index contributed by atoms with van der Waals surface area (Å²) in [5.74, 6) is 1.23. The standard InChI is InChI=1S/C7H14OS2/c1-7(2)6(8-3)4-5-9-10-7/h6H,4-5H2,1-3H3. The number of hydrogen-bond donors (Lipinski definition) is 0. The largest absolute Gasteiger partial charge is 0.380 e. The minimum atomic E-state index is 0.303. The summed E-state index contributed by atoms with van der Waals surface area (Å²) in [5, 5.41) is 0. The van der Waals surface area contributed by atoms with Crippen LogP contribution in [0.1, 0.15) is 20.3 Å². The van der Waals surface area contributed by atoms with Crippen molar-refractivity contribution in [2.75, 3.05) is 12.9 Å². The molecule has 60 valence electrons. The van der Waals surface area contributed by atoms with Gasteiger partial charge in [-0.25, -0.2) is 0 Å². The van der Waals surface area contributed by atoms with Crippen LogP contribution in [0.25, 0.3) is 0 Å². The van der Waals surface area contributed by atoms with Gasteiger partial charge in [0.05, 0.1) is 6.10 Å². The molecule has 0 radical (unpaired) electrons. The van der Waals surface area contributed by atoms with Gasteiger partial charge in [0.15, 0.2) is 0 Å². The molecule has 0 aromatic carbocycles. The van der Waals surface area contributed by atoms with E-state index in [1.54, 1.807) is 0 Å². The Labute approximate surface area is 70.7 Å². The van der Waals surface area contributed by atoms with Gasteiger partial charge < -0.3 is 4.74 Å². The minimum absolute atomic E-state index is 0.303. The van der Waals surface area contributed by atoms with Crippen LogP contribution in [0, 0.1) is 0 Å². The molecule has 0 bridgehead atoms. The fourth-order valence-electron chi connectivity index (χ4n) is 1.15. The molecule has 0 saturated carbocycles. The van der Waals surface area contributed by atoms with Crippen LogP contribution in [-0.2, 0) is 4.74 Å². The Balaban J connectivity index is 2.51. The Morgan fingerprint density at radius 2 is 2.20 bits per heavy atom. The van der Waals surface area contributed by atoms with E-state index in [2.05, 4.69) is 13.8 Å². The Hall–Kier alpha value is 0.660. The molecular weight excluding hydrogens is 164 g/mol. The monoisotopic (exact) mass is 178 g/mol. The molecule has 10 heavy (non-hydrogen) atoms. The molecule has 0 amide bonds. The topological polar surface area (TPSA) is 9.23 Å². The molecule has 0 aliphatic carbocycles. The van der Waals surface area contributed by atoms with Gasteiger partial charge in [0.25, 0.3) is 0 Å². The third-order valence-electron chi connectivity index (χ3n) is 1.80. The quantitative estimate of drug-likeness (QED) is 0.571. The average molecular weight is 178 g/mol. The summed E-state index contributed by atoms with van der Waals surface area (Å²) < 4.78 is 5.68. The second-order valence-electron chi connectivity index (χ2n) is 3.02. The second-order valence-corrected chi connectivity index (χ2v) is 6.09. The molecule has 1 atom stereocenters. The highest BCUT2D eigenvalue weighted by Crippen LogP contribution is 2.44. The van der Waals surface area contributed by atoms with Crippen LogP contribution in [0.3, 0.4) is 0 Å². The molecule has 1 saturated heterocycles. The maximum atomic E-state index is 5.37. The van der Waals surface area contributed by atoms with Crippen molar-refractivity contribution in [3.05, 3.63) is 0 Å². The van der Waals surface area contributed by atoms with Gasteiger partial charge in [-0.3, -0.25) is 0 Å². The molecule has 1 fully saturated rings. The Kier molecular flexibility index (Phi) is 2.95. The Morgan fingerprint density at radius 3 is 2.60 bits per heavy atom. The highest BCUT2D eigenvalue weighted by atomic mass is 33.1. The van der Waals surface area contributed by atoms with E-state index in [4.69, 9.17) is 4.74 Å². The van der Waals surface area contributed by atoms with Crippen molar-refractivity contribution in [1.82, 2.24) is 0 Å². The van der Waals surface area contributed by atoms with E-state index in [1.807, 2.05) is 28.7 Å². The normalized spacial score (nSPS) is 32.1. The molecular formula is C7H14OS2. The van der Waals surface area contributed by atoms with Crippen LogP contribution in [0.5, 0.6) is 0 Å². The van der Waals surface area contributed by atoms with Crippen LogP contribution >= 0.6 is 21.6 Å². The van der Waals surface area contributed by atoms with Crippen molar-refractivity contribution in [3.8, 4) is 0 Å². The molecule has 0 aromatic rings. The van der Waals surface area contributed by atoms with Crippen molar-refractivity contribution in [1.29, 1.82) is 0 Å². The zero-order chi connectivity index (χ0) is 7.61. The molecule has 0 spiro atoms. The van der Waals surface area contributed by atoms with Gasteiger partial charge >= 0.3 is 0 Å². The highest BCUT2D eigenvalue weighted by molar-refractivity contribution is 8.77. The van der Waals surface area contributed by atoms with Crippen molar-refractivity contribution in [2.45, 2.75) is 31.1 Å². The first-order chi connectivity index (χ1) is 4.67. The maximum absolute atomic E-state index is 5.37. The first kappa shape index (κ1) is 8.75. The third kappa shape index (κ3) is 1.83. The van der Waals surface area contributed by atoms with Crippen LogP contribution in [0.4, 0.5) is 0 Å². The van der Waals surface area contributed by atoms with Gasteiger partial charge in [0.2, 0.25) is 0 Å². The fourth-order valence-corrected chi connectivity index (χ4v) is 3.94. The summed E-state index contributed by atoms with van der Waals surface area (Å²) >= 11 is 0. The molecule has 0 aromatic heterocycles. The van der Waals surface area contributed by atoms with E-state index in [9.17, 15) is 0 Å². The summed E-state index contributed by atoms with van der Waals surface area (Å²) in [6.07, 6.45) is 1.64. The van der Waals surface area contributed by atoms with Gasteiger partial charge in [0.1, 0.15) is 0 Å². The van der Waals surface area contributed by atoms with Crippen LogP contribution in [0.2, 0.25) is 0 Å². The van der Waals surface area contributed by atoms with Crippen molar-refractivity contribution in [3.63, 3.8) is 0 Å². The molecule has 3 heteroatoms. The van der Waals surface area contributed by atoms with Crippen molar-refractivity contribution >= 4 is 21.6 Å². The minimum Gasteiger partial charge on any atom is -0.380 e. The lowest BCUT2D eigenvalue weighted by atomic mass is 10.0. The third-order valence-corrected chi connectivity index (χ3v) is 5.15. The molecule has 0 N–H and O–H groups in total. The number of methoxy groups -OCH3 is 1. The number of ether oxygens (including phenoxy) is 1. The van der Waals surface area contributed by atoms with Gasteiger partial charge in [-0.1, -0.05) is 21.6 Å². The summed E-state index contributed by atoms with van der Waals surface area (Å²) in [6.45, 7) is 4.50. The maximum Gasteiger partial charge on any atom is 0.0729 e. The molecule has 1 aliphatic rings. The zero-order valence-corrected chi connectivity index (χ0v) is 8.35. The smallest absolute Gasteiger partial charge is 0.0729 e. The van der Waals surface area contributed by atoms with Crippen LogP contribution in [0.15, 0.2) is 0 Å². The summed E-state index contributed by atoms with van der Waals surface area (Å²) in [4.78, 5) is 0. The molecule has 1 rings (SSSR count). The van der Waals surface area contributed by atoms with Crippen LogP contribution < -0.4 is 0 Å². The van der Waals surface area contributed by atoms with E-state index in [0.29, 0.717) is 10.9 Å². The average Bonchev–Trinajstić information content (AvgIpc) is 1.87. The van der Waals surface area contributed by atoms with E-state index in [1.165, 1.54) is 12.2 Å². The lowest BCUT2D eigenvalue weighted by Crippen LogP contribution is -2.36. The number of hydrogen-bond acceptors (Lipinski definition) is 3. The van der Waals surface area contributed by atoms with Gasteiger partial charge in [-0.05, 0) is 20.3 Å². The Bertz CT molecular complexity index is 114. The SMILES string of the molecule is COC1CCSSC1(C)C. The summed E-state index contributed by atoms with van der Waals surface area (Å²) in [6, 6.07) is 0. The van der Waals surface area contributed by atoms with Gasteiger partial charge in [-0.2, -0.15) is 0 Å². The zero-order valence-electron chi connectivity index (χ0n) is 6.72. The highest BCUT2D eigenvalue weighted by Gasteiger charge is 2.33. The van der Waals surface area contributed by atoms with E-state index in [-0.39, 0.29) is 0 Å². The van der Waals surface area contributed by atoms with Gasteiger partial charge in [0, 0.05) is 17.6 Å².